The summed E-state index contributed by atoms with van der Waals surface area (Å²) in [5.74, 6) is -4.42. The smallest absolute Gasteiger partial charge is 0.480 e. The lowest BCUT2D eigenvalue weighted by molar-refractivity contribution is -0.192. The third-order valence-corrected chi connectivity index (χ3v) is 6.50. The Labute approximate surface area is 211 Å². The minimum atomic E-state index is -5.08. The maximum absolute atomic E-state index is 13.4. The summed E-state index contributed by atoms with van der Waals surface area (Å²) >= 11 is 0. The van der Waals surface area contributed by atoms with Gasteiger partial charge in [-0.3, -0.25) is 14.3 Å². The summed E-state index contributed by atoms with van der Waals surface area (Å²) in [4.78, 5) is 41.3. The number of nitrogens with zero attached hydrogens (tertiary/aromatic N) is 4. The Bertz CT molecular complexity index is 1280. The van der Waals surface area contributed by atoms with Crippen molar-refractivity contribution in [1.29, 1.82) is 0 Å². The van der Waals surface area contributed by atoms with Gasteiger partial charge in [-0.2, -0.15) is 18.2 Å². The number of carbonyl (C=O) groups is 2. The molecule has 2 N–H and O–H groups in total. The number of carboxylic acid groups (broad SMARTS) is 2. The van der Waals surface area contributed by atoms with Crippen molar-refractivity contribution in [3.8, 4) is 5.88 Å². The van der Waals surface area contributed by atoms with Crippen LogP contribution in [0.5, 0.6) is 5.88 Å². The zero-order valence-corrected chi connectivity index (χ0v) is 19.7. The number of hydrogen-bond donors (Lipinski definition) is 2. The normalized spacial score (nSPS) is 19.6. The number of aliphatic carboxylic acids is 2. The van der Waals surface area contributed by atoms with E-state index >= 15 is 0 Å². The fourth-order valence-corrected chi connectivity index (χ4v) is 4.61. The highest BCUT2D eigenvalue weighted by Gasteiger charge is 2.44. The molecular formula is C23H23F5N4O6. The van der Waals surface area contributed by atoms with Gasteiger partial charge in [0.1, 0.15) is 18.5 Å². The number of anilines is 1. The first-order valence-corrected chi connectivity index (χ1v) is 11.6. The van der Waals surface area contributed by atoms with Crippen LogP contribution < -0.4 is 15.3 Å². The number of fused-ring (bicyclic) bond motifs is 3. The molecule has 206 valence electrons. The Kier molecular flexibility index (Phi) is 7.58. The molecule has 3 heterocycles. The quantitative estimate of drug-likeness (QED) is 0.524. The van der Waals surface area contributed by atoms with E-state index in [1.807, 2.05) is 4.90 Å². The number of hydrogen-bond acceptors (Lipinski definition) is 7. The van der Waals surface area contributed by atoms with Crippen molar-refractivity contribution >= 4 is 17.8 Å². The van der Waals surface area contributed by atoms with E-state index in [-0.39, 0.29) is 24.4 Å². The van der Waals surface area contributed by atoms with Gasteiger partial charge in [0.05, 0.1) is 12.6 Å². The zero-order chi connectivity index (χ0) is 27.8. The molecular weight excluding hydrogens is 523 g/mol. The van der Waals surface area contributed by atoms with Crippen molar-refractivity contribution in [1.82, 2.24) is 14.5 Å². The molecule has 1 saturated carbocycles. The number of halogens is 5. The predicted octanol–water partition coefficient (Wildman–Crippen LogP) is 2.10. The molecule has 10 nitrogen and oxygen atoms in total. The molecule has 1 saturated heterocycles. The Hall–Kier alpha value is -3.75. The first kappa shape index (κ1) is 27.3. The highest BCUT2D eigenvalue weighted by Crippen LogP contribution is 2.37. The first-order valence-electron chi connectivity index (χ1n) is 11.6. The minimum Gasteiger partial charge on any atom is -0.480 e. The topological polar surface area (TPSA) is 125 Å². The lowest BCUT2D eigenvalue weighted by atomic mass is 10.1. The van der Waals surface area contributed by atoms with E-state index in [4.69, 9.17) is 14.6 Å². The van der Waals surface area contributed by atoms with Crippen LogP contribution in [0.2, 0.25) is 0 Å². The summed E-state index contributed by atoms with van der Waals surface area (Å²) in [5.41, 5.74) is -0.0247. The SMILES string of the molecule is O=C(O)C(C1CC1)N1CCN2c3cc(OCc4ccc(F)c(F)c4)nc(=O)n3CC2C1.O=C(O)C(F)(F)F. The summed E-state index contributed by atoms with van der Waals surface area (Å²) < 4.78 is 65.3. The van der Waals surface area contributed by atoms with Crippen LogP contribution >= 0.6 is 0 Å². The molecule has 0 radical (unpaired) electrons. The largest absolute Gasteiger partial charge is 0.490 e. The second-order valence-electron chi connectivity index (χ2n) is 9.15. The fraction of sp³-hybridized carbons (Fsp3) is 0.478. The van der Waals surface area contributed by atoms with E-state index in [1.54, 1.807) is 10.6 Å². The molecule has 5 rings (SSSR count). The number of benzene rings is 1. The van der Waals surface area contributed by atoms with E-state index in [2.05, 4.69) is 9.88 Å². The molecule has 2 atom stereocenters. The molecule has 1 aromatic carbocycles. The number of ether oxygens (including phenoxy) is 1. The lowest BCUT2D eigenvalue weighted by Gasteiger charge is -2.40. The molecule has 15 heteroatoms. The van der Waals surface area contributed by atoms with Gasteiger partial charge in [0, 0.05) is 25.7 Å². The van der Waals surface area contributed by atoms with Gasteiger partial charge in [-0.25, -0.2) is 18.4 Å². The van der Waals surface area contributed by atoms with Crippen LogP contribution in [-0.4, -0.2) is 74.5 Å². The van der Waals surface area contributed by atoms with Crippen LogP contribution in [0.15, 0.2) is 29.1 Å². The van der Waals surface area contributed by atoms with Gasteiger partial charge in [0.15, 0.2) is 11.6 Å². The van der Waals surface area contributed by atoms with E-state index < -0.39 is 41.5 Å². The molecule has 2 unspecified atom stereocenters. The van der Waals surface area contributed by atoms with Crippen LogP contribution in [0.4, 0.5) is 27.8 Å². The van der Waals surface area contributed by atoms with Crippen LogP contribution in [-0.2, 0) is 22.7 Å². The van der Waals surface area contributed by atoms with Crippen molar-refractivity contribution in [2.45, 2.75) is 44.3 Å². The number of piperazine rings is 1. The number of carboxylic acids is 2. The fourth-order valence-electron chi connectivity index (χ4n) is 4.61. The highest BCUT2D eigenvalue weighted by atomic mass is 19.4. The van der Waals surface area contributed by atoms with Gasteiger partial charge in [-0.05, 0) is 36.5 Å². The van der Waals surface area contributed by atoms with E-state index in [0.29, 0.717) is 37.6 Å². The number of aromatic nitrogens is 2. The van der Waals surface area contributed by atoms with Gasteiger partial charge >= 0.3 is 23.8 Å². The second kappa shape index (κ2) is 10.6. The number of alkyl halides is 3. The average Bonchev–Trinajstić information content (AvgIpc) is 3.59. The predicted molar refractivity (Wildman–Crippen MR) is 120 cm³/mol. The van der Waals surface area contributed by atoms with Crippen LogP contribution in [0.3, 0.4) is 0 Å². The summed E-state index contributed by atoms with van der Waals surface area (Å²) in [7, 11) is 0. The van der Waals surface area contributed by atoms with Crippen molar-refractivity contribution in [2.24, 2.45) is 5.92 Å². The molecule has 38 heavy (non-hydrogen) atoms. The van der Waals surface area contributed by atoms with Crippen molar-refractivity contribution < 1.29 is 46.5 Å². The van der Waals surface area contributed by atoms with Gasteiger partial charge < -0.3 is 19.8 Å². The molecule has 1 aliphatic carbocycles. The summed E-state index contributed by atoms with van der Waals surface area (Å²) in [6.45, 7) is 2.17. The van der Waals surface area contributed by atoms with Crippen molar-refractivity contribution in [3.63, 3.8) is 0 Å². The molecule has 0 amide bonds. The van der Waals surface area contributed by atoms with Gasteiger partial charge in [0.2, 0.25) is 5.88 Å². The maximum atomic E-state index is 13.4. The lowest BCUT2D eigenvalue weighted by Crippen LogP contribution is -2.57. The summed E-state index contributed by atoms with van der Waals surface area (Å²) in [5, 5.41) is 16.8. The molecule has 1 aromatic heterocycles. The third-order valence-electron chi connectivity index (χ3n) is 6.50. The van der Waals surface area contributed by atoms with E-state index in [1.165, 1.54) is 6.07 Å². The maximum Gasteiger partial charge on any atom is 0.490 e. The van der Waals surface area contributed by atoms with Gasteiger partial charge in [0.25, 0.3) is 0 Å². The van der Waals surface area contributed by atoms with Crippen molar-refractivity contribution in [2.75, 3.05) is 24.5 Å². The molecule has 0 bridgehead atoms. The summed E-state index contributed by atoms with van der Waals surface area (Å²) in [6.07, 6.45) is -3.19. The van der Waals surface area contributed by atoms with Crippen molar-refractivity contribution in [3.05, 3.63) is 51.9 Å². The molecule has 2 aromatic rings. The van der Waals surface area contributed by atoms with Crippen LogP contribution in [0, 0.1) is 17.6 Å². The van der Waals surface area contributed by atoms with Gasteiger partial charge in [-0.15, -0.1) is 0 Å². The Morgan fingerprint density at radius 3 is 2.34 bits per heavy atom. The minimum absolute atomic E-state index is 0.00899. The Morgan fingerprint density at radius 2 is 1.76 bits per heavy atom. The average molecular weight is 546 g/mol. The monoisotopic (exact) mass is 546 g/mol. The Morgan fingerprint density at radius 1 is 1.08 bits per heavy atom. The molecule has 0 spiro atoms. The van der Waals surface area contributed by atoms with E-state index in [9.17, 15) is 36.6 Å². The third kappa shape index (κ3) is 6.03. The second-order valence-corrected chi connectivity index (χ2v) is 9.15. The first-order chi connectivity index (χ1) is 17.8. The number of rotatable bonds is 6. The Balaban J connectivity index is 0.000000426. The standard InChI is InChI=1S/C21H22F2N4O4.C2HF3O2/c22-15-4-1-12(7-16(15)23)11-31-17-8-18-26-6-5-25(19(20(28)29)13-2-3-13)9-14(26)10-27(18)21(30)24-17;3-2(4,5)1(6)7/h1,4,7-8,13-14,19H,2-3,5-6,9-11H2,(H,28,29);(H,6,7). The van der Waals surface area contributed by atoms with Gasteiger partial charge in [-0.1, -0.05) is 6.07 Å². The molecule has 2 aliphatic heterocycles. The zero-order valence-electron chi connectivity index (χ0n) is 19.7. The van der Waals surface area contributed by atoms with Crippen LogP contribution in [0.1, 0.15) is 18.4 Å². The highest BCUT2D eigenvalue weighted by molar-refractivity contribution is 5.74. The van der Waals surface area contributed by atoms with Crippen LogP contribution in [0.25, 0.3) is 0 Å². The van der Waals surface area contributed by atoms with E-state index in [0.717, 1.165) is 25.0 Å². The molecule has 2 fully saturated rings. The summed E-state index contributed by atoms with van der Waals surface area (Å²) in [6, 6.07) is 4.68. The molecule has 3 aliphatic rings.